The highest BCUT2D eigenvalue weighted by Crippen LogP contribution is 2.50. The molecular weight excluding hydrogens is 417 g/mol. The molecule has 1 aliphatic carbocycles. The molecule has 0 saturated heterocycles. The van der Waals surface area contributed by atoms with Gasteiger partial charge in [-0.3, -0.25) is 4.79 Å². The largest absolute Gasteiger partial charge is 0.416 e. The third-order valence-corrected chi connectivity index (χ3v) is 7.12. The topological polar surface area (TPSA) is 66.5 Å². The second-order valence-electron chi connectivity index (χ2n) is 7.90. The summed E-state index contributed by atoms with van der Waals surface area (Å²) in [5.41, 5.74) is 0.903. The van der Waals surface area contributed by atoms with Crippen molar-refractivity contribution in [3.8, 4) is 0 Å². The smallest absolute Gasteiger partial charge is 0.325 e. The zero-order valence-corrected chi connectivity index (χ0v) is 17.1. The number of nitrogens with zero attached hydrogens (tertiary/aromatic N) is 1. The number of benzene rings is 2. The fourth-order valence-corrected chi connectivity index (χ4v) is 4.79. The van der Waals surface area contributed by atoms with Crippen LogP contribution in [0.3, 0.4) is 0 Å². The van der Waals surface area contributed by atoms with Crippen molar-refractivity contribution in [1.29, 1.82) is 0 Å². The van der Waals surface area contributed by atoms with E-state index in [4.69, 9.17) is 0 Å². The third kappa shape index (κ3) is 3.83. The van der Waals surface area contributed by atoms with Gasteiger partial charge in [0.25, 0.3) is 0 Å². The number of fused-ring (bicyclic) bond motifs is 1. The number of nitrogens with one attached hydrogen (secondary N) is 1. The lowest BCUT2D eigenvalue weighted by atomic mass is 9.92. The van der Waals surface area contributed by atoms with Crippen LogP contribution in [-0.2, 0) is 39.4 Å². The van der Waals surface area contributed by atoms with Crippen molar-refractivity contribution in [2.75, 3.05) is 18.1 Å². The highest BCUT2D eigenvalue weighted by Gasteiger charge is 2.52. The minimum atomic E-state index is -4.47. The van der Waals surface area contributed by atoms with Crippen LogP contribution in [0.15, 0.2) is 42.5 Å². The maximum Gasteiger partial charge on any atom is 0.416 e. The molecule has 9 heteroatoms. The Hall–Kier alpha value is -2.39. The third-order valence-electron chi connectivity index (χ3n) is 5.88. The molecule has 0 unspecified atom stereocenters. The van der Waals surface area contributed by atoms with Gasteiger partial charge in [0.2, 0.25) is 15.9 Å². The van der Waals surface area contributed by atoms with Crippen LogP contribution >= 0.6 is 0 Å². The van der Waals surface area contributed by atoms with Crippen LogP contribution in [0.4, 0.5) is 18.9 Å². The van der Waals surface area contributed by atoms with E-state index in [1.807, 2.05) is 6.07 Å². The Labute approximate surface area is 172 Å². The lowest BCUT2D eigenvalue weighted by molar-refractivity contribution is -0.137. The van der Waals surface area contributed by atoms with Gasteiger partial charge in [0.05, 0.1) is 17.2 Å². The van der Waals surface area contributed by atoms with E-state index in [0.717, 1.165) is 29.5 Å². The van der Waals surface area contributed by atoms with Gasteiger partial charge in [-0.1, -0.05) is 30.3 Å². The van der Waals surface area contributed by atoms with Crippen LogP contribution in [0.5, 0.6) is 0 Å². The second kappa shape index (κ2) is 7.09. The minimum Gasteiger partial charge on any atom is -0.325 e. The van der Waals surface area contributed by atoms with Gasteiger partial charge in [0.1, 0.15) is 0 Å². The van der Waals surface area contributed by atoms with Crippen molar-refractivity contribution < 1.29 is 26.4 Å². The predicted octanol–water partition coefficient (Wildman–Crippen LogP) is 3.69. The molecule has 1 saturated carbocycles. The summed E-state index contributed by atoms with van der Waals surface area (Å²) in [4.78, 5) is 13.1. The quantitative estimate of drug-likeness (QED) is 0.792. The number of carbonyl (C=O) groups is 1. The Kier molecular flexibility index (Phi) is 4.93. The van der Waals surface area contributed by atoms with Gasteiger partial charge >= 0.3 is 6.18 Å². The Morgan fingerprint density at radius 2 is 1.83 bits per heavy atom. The molecule has 4 rings (SSSR count). The number of hydrogen-bond acceptors (Lipinski definition) is 3. The van der Waals surface area contributed by atoms with E-state index in [1.165, 1.54) is 10.4 Å². The van der Waals surface area contributed by atoms with Crippen molar-refractivity contribution in [2.24, 2.45) is 0 Å². The average Bonchev–Trinajstić information content (AvgIpc) is 3.49. The highest BCUT2D eigenvalue weighted by atomic mass is 32.2. The molecule has 2 aliphatic rings. The van der Waals surface area contributed by atoms with Gasteiger partial charge in [0, 0.05) is 18.8 Å². The Balaban J connectivity index is 1.59. The highest BCUT2D eigenvalue weighted by molar-refractivity contribution is 7.88. The summed E-state index contributed by atoms with van der Waals surface area (Å²) in [7, 11) is -3.32. The van der Waals surface area contributed by atoms with Crippen molar-refractivity contribution in [3.05, 3.63) is 64.7 Å². The van der Waals surface area contributed by atoms with Crippen LogP contribution in [0.1, 0.15) is 35.1 Å². The van der Waals surface area contributed by atoms with E-state index in [0.29, 0.717) is 37.1 Å². The molecule has 5 nitrogen and oxygen atoms in total. The second-order valence-corrected chi connectivity index (χ2v) is 9.89. The van der Waals surface area contributed by atoms with Gasteiger partial charge < -0.3 is 5.32 Å². The van der Waals surface area contributed by atoms with Crippen LogP contribution in [0, 0.1) is 0 Å². The van der Waals surface area contributed by atoms with E-state index in [2.05, 4.69) is 5.32 Å². The van der Waals surface area contributed by atoms with Crippen LogP contribution < -0.4 is 5.32 Å². The first-order valence-corrected chi connectivity index (χ1v) is 11.4. The summed E-state index contributed by atoms with van der Waals surface area (Å²) < 4.78 is 64.3. The first-order valence-electron chi connectivity index (χ1n) is 9.56. The van der Waals surface area contributed by atoms with Crippen LogP contribution in [0.25, 0.3) is 0 Å². The molecule has 160 valence electrons. The molecule has 0 radical (unpaired) electrons. The molecule has 0 atom stereocenters. The molecule has 2 aromatic carbocycles. The van der Waals surface area contributed by atoms with Gasteiger partial charge in [0.15, 0.2) is 0 Å². The summed E-state index contributed by atoms with van der Waals surface area (Å²) in [6.07, 6.45) is -1.88. The lowest BCUT2D eigenvalue weighted by Crippen LogP contribution is -2.36. The number of sulfonamides is 1. The normalized spacial score (nSPS) is 18.5. The standard InChI is InChI=1S/C21H21F3N2O3S/c1-30(28,29)26-11-8-17-14(13-26)4-2-7-18(17)25-19(27)20(9-10-20)15-5-3-6-16(12-15)21(22,23)24/h2-7,12H,8-11,13H2,1H3,(H,25,27). The Morgan fingerprint density at radius 3 is 2.47 bits per heavy atom. The summed E-state index contributed by atoms with van der Waals surface area (Å²) >= 11 is 0. The molecule has 1 heterocycles. The zero-order valence-electron chi connectivity index (χ0n) is 16.3. The van der Waals surface area contributed by atoms with Crippen LogP contribution in [0.2, 0.25) is 0 Å². The summed E-state index contributed by atoms with van der Waals surface area (Å²) in [6, 6.07) is 10.2. The number of halogens is 3. The maximum atomic E-state index is 13.1. The van der Waals surface area contributed by atoms with Gasteiger partial charge in [-0.2, -0.15) is 17.5 Å². The van der Waals surface area contributed by atoms with E-state index in [9.17, 15) is 26.4 Å². The van der Waals surface area contributed by atoms with Crippen LogP contribution in [-0.4, -0.2) is 31.4 Å². The lowest BCUT2D eigenvalue weighted by Gasteiger charge is -2.28. The van der Waals surface area contributed by atoms with E-state index >= 15 is 0 Å². The molecule has 0 bridgehead atoms. The van der Waals surface area contributed by atoms with E-state index in [1.54, 1.807) is 18.2 Å². The first kappa shape index (κ1) is 20.9. The number of carbonyl (C=O) groups excluding carboxylic acids is 1. The number of amides is 1. The molecule has 1 amide bonds. The molecular formula is C21H21F3N2O3S. The molecule has 1 fully saturated rings. The number of rotatable bonds is 4. The fraction of sp³-hybridized carbons (Fsp3) is 0.381. The van der Waals surface area contributed by atoms with E-state index in [-0.39, 0.29) is 12.5 Å². The predicted molar refractivity (Wildman–Crippen MR) is 106 cm³/mol. The summed E-state index contributed by atoms with van der Waals surface area (Å²) in [5.74, 6) is -0.333. The maximum absolute atomic E-state index is 13.1. The van der Waals surface area contributed by atoms with Gasteiger partial charge in [-0.15, -0.1) is 0 Å². The van der Waals surface area contributed by atoms with Crippen molar-refractivity contribution in [1.82, 2.24) is 4.31 Å². The zero-order chi connectivity index (χ0) is 21.7. The molecule has 0 spiro atoms. The Morgan fingerprint density at radius 1 is 1.13 bits per heavy atom. The molecule has 2 aromatic rings. The monoisotopic (exact) mass is 438 g/mol. The number of anilines is 1. The molecule has 30 heavy (non-hydrogen) atoms. The van der Waals surface area contributed by atoms with Crippen molar-refractivity contribution >= 4 is 21.6 Å². The van der Waals surface area contributed by atoms with Gasteiger partial charge in [-0.05, 0) is 48.1 Å². The Bertz CT molecular complexity index is 1110. The van der Waals surface area contributed by atoms with Crippen molar-refractivity contribution in [2.45, 2.75) is 37.4 Å². The minimum absolute atomic E-state index is 0.233. The number of hydrogen-bond donors (Lipinski definition) is 1. The molecule has 1 aliphatic heterocycles. The SMILES string of the molecule is CS(=O)(=O)N1CCc2c(cccc2NC(=O)C2(c3cccc(C(F)(F)F)c3)CC2)C1. The summed E-state index contributed by atoms with van der Waals surface area (Å²) in [5, 5.41) is 2.89. The molecule has 1 N–H and O–H groups in total. The van der Waals surface area contributed by atoms with E-state index < -0.39 is 27.2 Å². The van der Waals surface area contributed by atoms with Crippen molar-refractivity contribution in [3.63, 3.8) is 0 Å². The fourth-order valence-electron chi connectivity index (χ4n) is 3.99. The first-order chi connectivity index (χ1) is 14.0. The van der Waals surface area contributed by atoms with Gasteiger partial charge in [-0.25, -0.2) is 8.42 Å². The molecule has 0 aromatic heterocycles. The summed E-state index contributed by atoms with van der Waals surface area (Å²) in [6.45, 7) is 0.550. The average molecular weight is 438 g/mol. The number of alkyl halides is 3.